The molecular formula is C21H16ClFN2OS. The first kappa shape index (κ1) is 18.0. The molecule has 0 unspecified atom stereocenters. The third-order valence-corrected chi connectivity index (χ3v) is 5.87. The highest BCUT2D eigenvalue weighted by Crippen LogP contribution is 2.28. The number of amides is 1. The molecule has 0 radical (unpaired) electrons. The van der Waals surface area contributed by atoms with E-state index in [0.717, 1.165) is 10.8 Å². The lowest BCUT2D eigenvalue weighted by Gasteiger charge is -2.19. The minimum Gasteiger partial charge on any atom is -0.286 e. The van der Waals surface area contributed by atoms with E-state index in [1.165, 1.54) is 17.8 Å². The van der Waals surface area contributed by atoms with Gasteiger partial charge in [-0.3, -0.25) is 14.7 Å². The van der Waals surface area contributed by atoms with E-state index in [9.17, 15) is 9.18 Å². The molecule has 1 amide bonds. The largest absolute Gasteiger partial charge is 0.286 e. The molecule has 1 heterocycles. The third kappa shape index (κ3) is 3.57. The SMILES string of the molecule is O=C(c1cccc2ccccc12)N1CCN=C1SCc1c(F)cccc1Cl. The average Bonchev–Trinajstić information content (AvgIpc) is 3.15. The predicted octanol–water partition coefficient (Wildman–Crippen LogP) is 5.38. The summed E-state index contributed by atoms with van der Waals surface area (Å²) in [5.41, 5.74) is 1.07. The van der Waals surface area contributed by atoms with Gasteiger partial charge in [-0.05, 0) is 29.0 Å². The summed E-state index contributed by atoms with van der Waals surface area (Å²) in [5, 5.41) is 2.92. The average molecular weight is 399 g/mol. The minimum atomic E-state index is -0.347. The van der Waals surface area contributed by atoms with E-state index < -0.39 is 0 Å². The van der Waals surface area contributed by atoms with Crippen molar-refractivity contribution in [2.45, 2.75) is 5.75 Å². The molecule has 4 rings (SSSR count). The number of halogens is 2. The van der Waals surface area contributed by atoms with Crippen LogP contribution in [-0.2, 0) is 5.75 Å². The molecule has 3 nitrogen and oxygen atoms in total. The van der Waals surface area contributed by atoms with Crippen LogP contribution >= 0.6 is 23.4 Å². The summed E-state index contributed by atoms with van der Waals surface area (Å²) in [6.45, 7) is 1.07. The maximum atomic E-state index is 14.0. The number of nitrogens with zero attached hydrogens (tertiary/aromatic N) is 2. The van der Waals surface area contributed by atoms with E-state index in [0.29, 0.717) is 40.2 Å². The number of thioether (sulfide) groups is 1. The summed E-state index contributed by atoms with van der Waals surface area (Å²) in [4.78, 5) is 19.3. The molecule has 136 valence electrons. The Morgan fingerprint density at radius 2 is 1.89 bits per heavy atom. The quantitative estimate of drug-likeness (QED) is 0.593. The van der Waals surface area contributed by atoms with Gasteiger partial charge in [0.05, 0.1) is 6.54 Å². The highest BCUT2D eigenvalue weighted by atomic mass is 35.5. The second-order valence-electron chi connectivity index (χ2n) is 6.14. The fourth-order valence-corrected chi connectivity index (χ4v) is 4.49. The molecule has 3 aromatic carbocycles. The lowest BCUT2D eigenvalue weighted by Crippen LogP contribution is -2.33. The standard InChI is InChI=1S/C21H16ClFN2OS/c22-18-9-4-10-19(23)17(18)13-27-21-24-11-12-25(21)20(26)16-8-3-6-14-5-1-2-7-15(14)16/h1-10H,11-13H2. The van der Waals surface area contributed by atoms with E-state index in [1.54, 1.807) is 17.0 Å². The van der Waals surface area contributed by atoms with E-state index >= 15 is 0 Å². The Hall–Kier alpha value is -2.37. The normalized spacial score (nSPS) is 13.9. The number of hydrogen-bond acceptors (Lipinski definition) is 3. The van der Waals surface area contributed by atoms with Crippen molar-refractivity contribution < 1.29 is 9.18 Å². The van der Waals surface area contributed by atoms with Crippen LogP contribution in [0.4, 0.5) is 4.39 Å². The zero-order valence-corrected chi connectivity index (χ0v) is 15.9. The highest BCUT2D eigenvalue weighted by Gasteiger charge is 2.26. The summed E-state index contributed by atoms with van der Waals surface area (Å²) in [5.74, 6) is -0.111. The molecule has 0 aliphatic carbocycles. The third-order valence-electron chi connectivity index (χ3n) is 4.47. The van der Waals surface area contributed by atoms with Crippen LogP contribution < -0.4 is 0 Å². The van der Waals surface area contributed by atoms with Gasteiger partial charge in [0.25, 0.3) is 5.91 Å². The molecule has 3 aromatic rings. The molecule has 0 fully saturated rings. The monoisotopic (exact) mass is 398 g/mol. The summed E-state index contributed by atoms with van der Waals surface area (Å²) in [6, 6.07) is 18.1. The minimum absolute atomic E-state index is 0.0878. The molecule has 0 saturated heterocycles. The van der Waals surface area contributed by atoms with Crippen molar-refractivity contribution in [1.82, 2.24) is 4.90 Å². The van der Waals surface area contributed by atoms with Gasteiger partial charge in [-0.25, -0.2) is 4.39 Å². The zero-order chi connectivity index (χ0) is 18.8. The number of carbonyl (C=O) groups is 1. The van der Waals surface area contributed by atoms with Crippen LogP contribution in [0.1, 0.15) is 15.9 Å². The van der Waals surface area contributed by atoms with Gasteiger partial charge in [-0.2, -0.15) is 0 Å². The molecule has 0 atom stereocenters. The van der Waals surface area contributed by atoms with Gasteiger partial charge in [0.1, 0.15) is 5.82 Å². The number of hydrogen-bond donors (Lipinski definition) is 0. The Kier molecular flexibility index (Phi) is 5.14. The fraction of sp³-hybridized carbons (Fsp3) is 0.143. The molecule has 0 saturated carbocycles. The van der Waals surface area contributed by atoms with Crippen molar-refractivity contribution in [1.29, 1.82) is 0 Å². The topological polar surface area (TPSA) is 32.7 Å². The zero-order valence-electron chi connectivity index (χ0n) is 14.4. The molecule has 0 spiro atoms. The van der Waals surface area contributed by atoms with Crippen LogP contribution in [0.25, 0.3) is 10.8 Å². The van der Waals surface area contributed by atoms with Crippen molar-refractivity contribution in [3.05, 3.63) is 82.6 Å². The predicted molar refractivity (Wildman–Crippen MR) is 110 cm³/mol. The molecule has 0 bridgehead atoms. The number of amidine groups is 1. The molecule has 0 aromatic heterocycles. The van der Waals surface area contributed by atoms with Crippen molar-refractivity contribution in [3.8, 4) is 0 Å². The first-order valence-corrected chi connectivity index (χ1v) is 9.91. The number of benzene rings is 3. The van der Waals surface area contributed by atoms with Gasteiger partial charge in [-0.1, -0.05) is 65.8 Å². The van der Waals surface area contributed by atoms with E-state index in [4.69, 9.17) is 11.6 Å². The van der Waals surface area contributed by atoms with Gasteiger partial charge in [0.15, 0.2) is 5.17 Å². The van der Waals surface area contributed by atoms with Crippen molar-refractivity contribution in [3.63, 3.8) is 0 Å². The van der Waals surface area contributed by atoms with Crippen LogP contribution in [0, 0.1) is 5.82 Å². The summed E-state index contributed by atoms with van der Waals surface area (Å²) in [7, 11) is 0. The van der Waals surface area contributed by atoms with E-state index in [-0.39, 0.29) is 11.7 Å². The number of carbonyl (C=O) groups excluding carboxylic acids is 1. The Morgan fingerprint density at radius 3 is 2.74 bits per heavy atom. The molecule has 1 aliphatic rings. The highest BCUT2D eigenvalue weighted by molar-refractivity contribution is 8.13. The Morgan fingerprint density at radius 1 is 1.11 bits per heavy atom. The lowest BCUT2D eigenvalue weighted by atomic mass is 10.0. The van der Waals surface area contributed by atoms with Crippen LogP contribution in [0.5, 0.6) is 0 Å². The number of rotatable bonds is 3. The van der Waals surface area contributed by atoms with Crippen LogP contribution in [0.15, 0.2) is 65.7 Å². The van der Waals surface area contributed by atoms with Gasteiger partial charge in [0, 0.05) is 28.4 Å². The molecule has 27 heavy (non-hydrogen) atoms. The van der Waals surface area contributed by atoms with Gasteiger partial charge >= 0.3 is 0 Å². The molecular weight excluding hydrogens is 383 g/mol. The Balaban J connectivity index is 1.57. The first-order valence-electron chi connectivity index (χ1n) is 8.55. The second kappa shape index (κ2) is 7.71. The smallest absolute Gasteiger partial charge is 0.260 e. The molecule has 0 N–H and O–H groups in total. The second-order valence-corrected chi connectivity index (χ2v) is 7.49. The first-order chi connectivity index (χ1) is 13.1. The van der Waals surface area contributed by atoms with Crippen molar-refractivity contribution in [2.75, 3.05) is 13.1 Å². The maximum Gasteiger partial charge on any atom is 0.260 e. The number of fused-ring (bicyclic) bond motifs is 1. The van der Waals surface area contributed by atoms with Crippen molar-refractivity contribution >= 4 is 45.2 Å². The summed E-state index contributed by atoms with van der Waals surface area (Å²) >= 11 is 7.43. The summed E-state index contributed by atoms with van der Waals surface area (Å²) < 4.78 is 14.0. The summed E-state index contributed by atoms with van der Waals surface area (Å²) in [6.07, 6.45) is 0. The van der Waals surface area contributed by atoms with Crippen LogP contribution in [0.3, 0.4) is 0 Å². The molecule has 1 aliphatic heterocycles. The van der Waals surface area contributed by atoms with Gasteiger partial charge in [0.2, 0.25) is 0 Å². The molecule has 6 heteroatoms. The number of aliphatic imine (C=N–C) groups is 1. The van der Waals surface area contributed by atoms with Crippen LogP contribution in [-0.4, -0.2) is 29.1 Å². The Labute approximate surface area is 165 Å². The maximum absolute atomic E-state index is 14.0. The van der Waals surface area contributed by atoms with Gasteiger partial charge in [-0.15, -0.1) is 0 Å². The van der Waals surface area contributed by atoms with E-state index in [2.05, 4.69) is 4.99 Å². The Bertz CT molecular complexity index is 1030. The lowest BCUT2D eigenvalue weighted by molar-refractivity contribution is 0.0862. The van der Waals surface area contributed by atoms with E-state index in [1.807, 2.05) is 42.5 Å². The van der Waals surface area contributed by atoms with Crippen molar-refractivity contribution in [2.24, 2.45) is 4.99 Å². The fourth-order valence-electron chi connectivity index (χ4n) is 3.10. The van der Waals surface area contributed by atoms with Crippen LogP contribution in [0.2, 0.25) is 5.02 Å². The van der Waals surface area contributed by atoms with Gasteiger partial charge < -0.3 is 0 Å².